The Morgan fingerprint density at radius 2 is 2.19 bits per heavy atom. The number of hydrogen-bond donors (Lipinski definition) is 5. The Bertz CT molecular complexity index is 660. The van der Waals surface area contributed by atoms with Gasteiger partial charge in [-0.25, -0.2) is 0 Å². The molecule has 2 aromatic rings. The highest BCUT2D eigenvalue weighted by Crippen LogP contribution is 2.37. The number of pyridine rings is 1. The number of aliphatic hydroxyl groups is 3. The summed E-state index contributed by atoms with van der Waals surface area (Å²) >= 11 is 0. The molecule has 2 unspecified atom stereocenters. The molecule has 1 aliphatic heterocycles. The molecule has 0 aromatic carbocycles. The highest BCUT2D eigenvalue weighted by Gasteiger charge is 2.44. The molecule has 0 amide bonds. The van der Waals surface area contributed by atoms with Crippen molar-refractivity contribution in [3.8, 4) is 5.88 Å². The van der Waals surface area contributed by atoms with Crippen LogP contribution in [0.3, 0.4) is 0 Å². The SMILES string of the molecule is COc1nc(N)cc2c([C@@H]3O[C@H](CO)C(O)C3O)[nH]nc12. The standard InChI is InChI=1S/C12H16N4O5/c1-20-12-8-4(2-6(13)14-12)7(15-16-8)11-10(19)9(18)5(3-17)21-11/h2,5,9-11,17-19H,3H2,1H3,(H2,13,14)(H,15,16)/t5-,9?,10?,11+/m1/s1. The lowest BCUT2D eigenvalue weighted by Gasteiger charge is -2.13. The Kier molecular flexibility index (Phi) is 3.41. The molecule has 0 bridgehead atoms. The van der Waals surface area contributed by atoms with Gasteiger partial charge in [0.05, 0.1) is 19.4 Å². The summed E-state index contributed by atoms with van der Waals surface area (Å²) in [5, 5.41) is 36.4. The van der Waals surface area contributed by atoms with Crippen LogP contribution in [0.1, 0.15) is 11.8 Å². The normalized spacial score (nSPS) is 29.1. The van der Waals surface area contributed by atoms with Crippen LogP contribution in [0.5, 0.6) is 5.88 Å². The third kappa shape index (κ3) is 2.10. The number of fused-ring (bicyclic) bond motifs is 1. The van der Waals surface area contributed by atoms with Gasteiger partial charge in [0.25, 0.3) is 0 Å². The number of nitrogens with two attached hydrogens (primary N) is 1. The van der Waals surface area contributed by atoms with E-state index in [1.165, 1.54) is 7.11 Å². The molecule has 0 saturated carbocycles. The summed E-state index contributed by atoms with van der Waals surface area (Å²) in [7, 11) is 1.45. The van der Waals surface area contributed by atoms with E-state index in [9.17, 15) is 10.2 Å². The molecule has 0 spiro atoms. The molecule has 0 aliphatic carbocycles. The number of methoxy groups -OCH3 is 1. The molecule has 21 heavy (non-hydrogen) atoms. The van der Waals surface area contributed by atoms with Crippen LogP contribution in [0.15, 0.2) is 6.07 Å². The van der Waals surface area contributed by atoms with Crippen molar-refractivity contribution >= 4 is 16.7 Å². The van der Waals surface area contributed by atoms with Crippen LogP contribution in [-0.2, 0) is 4.74 Å². The third-order valence-corrected chi connectivity index (χ3v) is 3.58. The fourth-order valence-electron chi connectivity index (χ4n) is 2.52. The first kappa shape index (κ1) is 14.0. The first-order valence-corrected chi connectivity index (χ1v) is 6.37. The van der Waals surface area contributed by atoms with E-state index in [1.807, 2.05) is 0 Å². The lowest BCUT2D eigenvalue weighted by molar-refractivity contribution is -0.0235. The van der Waals surface area contributed by atoms with Gasteiger partial charge in [-0.3, -0.25) is 5.10 Å². The number of hydrogen-bond acceptors (Lipinski definition) is 8. The number of rotatable bonds is 3. The third-order valence-electron chi connectivity index (χ3n) is 3.58. The largest absolute Gasteiger partial charge is 0.479 e. The Morgan fingerprint density at radius 3 is 2.81 bits per heavy atom. The number of aliphatic hydroxyl groups excluding tert-OH is 3. The molecule has 114 valence electrons. The zero-order chi connectivity index (χ0) is 15.1. The van der Waals surface area contributed by atoms with E-state index in [-0.39, 0.29) is 11.7 Å². The van der Waals surface area contributed by atoms with E-state index < -0.39 is 31.0 Å². The number of H-pyrrole nitrogens is 1. The number of nitrogens with one attached hydrogen (secondary N) is 1. The minimum atomic E-state index is -1.19. The van der Waals surface area contributed by atoms with Gasteiger partial charge in [-0.15, -0.1) is 0 Å². The average molecular weight is 296 g/mol. The monoisotopic (exact) mass is 296 g/mol. The van der Waals surface area contributed by atoms with Crippen molar-refractivity contribution < 1.29 is 24.8 Å². The summed E-state index contributed by atoms with van der Waals surface area (Å²) in [5.74, 6) is 0.480. The van der Waals surface area contributed by atoms with Gasteiger partial charge < -0.3 is 30.5 Å². The molecular weight excluding hydrogens is 280 g/mol. The predicted octanol–water partition coefficient (Wildman–Crippen LogP) is -1.30. The minimum absolute atomic E-state index is 0.230. The molecule has 3 heterocycles. The van der Waals surface area contributed by atoms with E-state index in [0.717, 1.165) is 0 Å². The van der Waals surface area contributed by atoms with Crippen LogP contribution in [0.2, 0.25) is 0 Å². The van der Waals surface area contributed by atoms with E-state index in [1.54, 1.807) is 6.07 Å². The van der Waals surface area contributed by atoms with Crippen LogP contribution < -0.4 is 10.5 Å². The summed E-state index contributed by atoms with van der Waals surface area (Å²) in [5.41, 5.74) is 6.61. The maximum absolute atomic E-state index is 10.1. The fourth-order valence-corrected chi connectivity index (χ4v) is 2.52. The summed E-state index contributed by atoms with van der Waals surface area (Å²) in [6, 6.07) is 1.57. The molecule has 3 rings (SSSR count). The molecule has 1 fully saturated rings. The smallest absolute Gasteiger partial charge is 0.244 e. The molecular formula is C12H16N4O5. The van der Waals surface area contributed by atoms with Crippen molar-refractivity contribution in [2.75, 3.05) is 19.5 Å². The Morgan fingerprint density at radius 1 is 1.43 bits per heavy atom. The van der Waals surface area contributed by atoms with Gasteiger partial charge in [0.15, 0.2) is 5.52 Å². The van der Waals surface area contributed by atoms with E-state index >= 15 is 0 Å². The van der Waals surface area contributed by atoms with E-state index in [2.05, 4.69) is 15.2 Å². The minimum Gasteiger partial charge on any atom is -0.479 e. The lowest BCUT2D eigenvalue weighted by Crippen LogP contribution is -2.32. The van der Waals surface area contributed by atoms with E-state index in [4.69, 9.17) is 20.3 Å². The molecule has 2 aromatic heterocycles. The van der Waals surface area contributed by atoms with Crippen molar-refractivity contribution in [2.45, 2.75) is 24.4 Å². The number of nitrogens with zero attached hydrogens (tertiary/aromatic N) is 2. The number of aromatic nitrogens is 3. The van der Waals surface area contributed by atoms with Crippen LogP contribution in [-0.4, -0.2) is 62.5 Å². The molecule has 9 nitrogen and oxygen atoms in total. The fraction of sp³-hybridized carbons (Fsp3) is 0.500. The maximum atomic E-state index is 10.1. The highest BCUT2D eigenvalue weighted by molar-refractivity contribution is 5.87. The van der Waals surface area contributed by atoms with Gasteiger partial charge in [-0.1, -0.05) is 0 Å². The Balaban J connectivity index is 2.07. The topological polar surface area (TPSA) is 147 Å². The average Bonchev–Trinajstić information content (AvgIpc) is 3.01. The van der Waals surface area contributed by atoms with Crippen LogP contribution >= 0.6 is 0 Å². The van der Waals surface area contributed by atoms with Gasteiger partial charge in [0.2, 0.25) is 5.88 Å². The second kappa shape index (κ2) is 5.11. The quantitative estimate of drug-likeness (QED) is 0.469. The molecule has 4 atom stereocenters. The van der Waals surface area contributed by atoms with Gasteiger partial charge in [-0.2, -0.15) is 10.1 Å². The van der Waals surface area contributed by atoms with Crippen LogP contribution in [0.4, 0.5) is 5.82 Å². The molecule has 1 aliphatic rings. The number of anilines is 1. The summed E-state index contributed by atoms with van der Waals surface area (Å²) in [6.45, 7) is -0.395. The van der Waals surface area contributed by atoms with Gasteiger partial charge in [-0.05, 0) is 6.07 Å². The van der Waals surface area contributed by atoms with Crippen molar-refractivity contribution in [1.29, 1.82) is 0 Å². The Hall–Kier alpha value is -1.94. The molecule has 0 radical (unpaired) electrons. The lowest BCUT2D eigenvalue weighted by atomic mass is 10.0. The second-order valence-corrected chi connectivity index (χ2v) is 4.85. The van der Waals surface area contributed by atoms with Gasteiger partial charge >= 0.3 is 0 Å². The molecule has 6 N–H and O–H groups in total. The summed E-state index contributed by atoms with van der Waals surface area (Å²) < 4.78 is 10.6. The van der Waals surface area contributed by atoms with Gasteiger partial charge in [0, 0.05) is 5.39 Å². The molecule has 1 saturated heterocycles. The van der Waals surface area contributed by atoms with Crippen LogP contribution in [0.25, 0.3) is 10.9 Å². The maximum Gasteiger partial charge on any atom is 0.244 e. The molecule has 9 heteroatoms. The van der Waals surface area contributed by atoms with Crippen molar-refractivity contribution in [3.05, 3.63) is 11.8 Å². The predicted molar refractivity (Wildman–Crippen MR) is 71.6 cm³/mol. The zero-order valence-electron chi connectivity index (χ0n) is 11.2. The highest BCUT2D eigenvalue weighted by atomic mass is 16.6. The number of aromatic amines is 1. The number of nitrogen functional groups attached to an aromatic ring is 1. The Labute approximate surface area is 119 Å². The van der Waals surface area contributed by atoms with Gasteiger partial charge in [0.1, 0.15) is 30.2 Å². The first-order chi connectivity index (χ1) is 10.1. The first-order valence-electron chi connectivity index (χ1n) is 6.37. The van der Waals surface area contributed by atoms with Crippen molar-refractivity contribution in [1.82, 2.24) is 15.2 Å². The van der Waals surface area contributed by atoms with E-state index in [0.29, 0.717) is 16.6 Å². The van der Waals surface area contributed by atoms with Crippen molar-refractivity contribution in [3.63, 3.8) is 0 Å². The van der Waals surface area contributed by atoms with Crippen molar-refractivity contribution in [2.24, 2.45) is 0 Å². The second-order valence-electron chi connectivity index (χ2n) is 4.85. The van der Waals surface area contributed by atoms with Crippen LogP contribution in [0, 0.1) is 0 Å². The summed E-state index contributed by atoms with van der Waals surface area (Å²) in [4.78, 5) is 4.01. The zero-order valence-corrected chi connectivity index (χ0v) is 11.2. The number of ether oxygens (including phenoxy) is 2. The summed E-state index contributed by atoms with van der Waals surface area (Å²) in [6.07, 6.45) is -4.08.